The first-order valence-electron chi connectivity index (χ1n) is 7.23. The highest BCUT2D eigenvalue weighted by atomic mass is 32.1. The summed E-state index contributed by atoms with van der Waals surface area (Å²) in [7, 11) is 0. The van der Waals surface area contributed by atoms with Gasteiger partial charge in [-0.2, -0.15) is 0 Å². The highest BCUT2D eigenvalue weighted by Gasteiger charge is 2.10. The van der Waals surface area contributed by atoms with Crippen molar-refractivity contribution in [1.29, 1.82) is 0 Å². The lowest BCUT2D eigenvalue weighted by molar-refractivity contribution is 0.171. The Hall–Kier alpha value is -2.33. The summed E-state index contributed by atoms with van der Waals surface area (Å²) in [6.45, 7) is 3.31. The molecular formula is C18H15NO2S. The molecule has 22 heavy (non-hydrogen) atoms. The molecule has 0 saturated heterocycles. The Bertz CT molecular complexity index is 867. The van der Waals surface area contributed by atoms with E-state index in [4.69, 9.17) is 9.47 Å². The normalized spacial score (nSPS) is 13.9. The van der Waals surface area contributed by atoms with Gasteiger partial charge in [-0.25, -0.2) is 4.98 Å². The molecule has 3 aromatic rings. The molecule has 110 valence electrons. The molecule has 0 aliphatic carbocycles. The fraction of sp³-hybridized carbons (Fsp3) is 0.167. The van der Waals surface area contributed by atoms with Crippen LogP contribution in [-0.2, 0) is 0 Å². The number of benzene rings is 2. The minimum atomic E-state index is 0.609. The van der Waals surface area contributed by atoms with Crippen molar-refractivity contribution < 1.29 is 9.47 Å². The standard InChI is InChI=1S/C18H15NO2S/c1-12-2-6-17-14(10-12)19-18(22-17)7-4-13-3-5-15-16(11-13)21-9-8-20-15/h2-7,10-11H,8-9H2,1H3/b7-4+. The summed E-state index contributed by atoms with van der Waals surface area (Å²) in [6, 6.07) is 12.4. The van der Waals surface area contributed by atoms with Gasteiger partial charge < -0.3 is 9.47 Å². The van der Waals surface area contributed by atoms with Gasteiger partial charge >= 0.3 is 0 Å². The lowest BCUT2D eigenvalue weighted by Gasteiger charge is -2.18. The maximum absolute atomic E-state index is 5.61. The molecule has 4 rings (SSSR count). The zero-order chi connectivity index (χ0) is 14.9. The van der Waals surface area contributed by atoms with Crippen LogP contribution in [0.15, 0.2) is 36.4 Å². The van der Waals surface area contributed by atoms with Crippen LogP contribution in [0.2, 0.25) is 0 Å². The van der Waals surface area contributed by atoms with Crippen LogP contribution < -0.4 is 9.47 Å². The van der Waals surface area contributed by atoms with E-state index in [1.54, 1.807) is 11.3 Å². The van der Waals surface area contributed by atoms with Crippen LogP contribution in [0.5, 0.6) is 11.5 Å². The Kier molecular flexibility index (Phi) is 3.31. The van der Waals surface area contributed by atoms with Gasteiger partial charge in [0.1, 0.15) is 18.2 Å². The number of aryl methyl sites for hydroxylation is 1. The summed E-state index contributed by atoms with van der Waals surface area (Å²) in [6.07, 6.45) is 4.11. The Balaban J connectivity index is 1.62. The van der Waals surface area contributed by atoms with Gasteiger partial charge in [0.15, 0.2) is 11.5 Å². The fourth-order valence-electron chi connectivity index (χ4n) is 2.46. The molecule has 0 atom stereocenters. The molecule has 3 nitrogen and oxygen atoms in total. The molecular weight excluding hydrogens is 294 g/mol. The zero-order valence-corrected chi connectivity index (χ0v) is 13.0. The van der Waals surface area contributed by atoms with Crippen molar-refractivity contribution in [2.24, 2.45) is 0 Å². The largest absolute Gasteiger partial charge is 0.486 e. The number of hydrogen-bond donors (Lipinski definition) is 0. The summed E-state index contributed by atoms with van der Waals surface area (Å²) < 4.78 is 12.4. The Morgan fingerprint density at radius 1 is 1.00 bits per heavy atom. The van der Waals surface area contributed by atoms with Gasteiger partial charge in [0, 0.05) is 0 Å². The van der Waals surface area contributed by atoms with Crippen molar-refractivity contribution in [3.05, 3.63) is 52.5 Å². The van der Waals surface area contributed by atoms with E-state index in [9.17, 15) is 0 Å². The van der Waals surface area contributed by atoms with Crippen LogP contribution in [0, 0.1) is 6.92 Å². The lowest BCUT2D eigenvalue weighted by Crippen LogP contribution is -2.15. The van der Waals surface area contributed by atoms with Gasteiger partial charge in [-0.05, 0) is 48.4 Å². The second-order valence-corrected chi connectivity index (χ2v) is 6.32. The molecule has 4 heteroatoms. The van der Waals surface area contributed by atoms with E-state index in [1.165, 1.54) is 10.3 Å². The molecule has 0 bridgehead atoms. The number of fused-ring (bicyclic) bond motifs is 2. The molecule has 1 aliphatic rings. The Morgan fingerprint density at radius 2 is 1.86 bits per heavy atom. The Morgan fingerprint density at radius 3 is 2.77 bits per heavy atom. The molecule has 1 aromatic heterocycles. The Labute approximate surface area is 132 Å². The molecule has 0 spiro atoms. The van der Waals surface area contributed by atoms with Crippen molar-refractivity contribution in [3.8, 4) is 11.5 Å². The summed E-state index contributed by atoms with van der Waals surface area (Å²) in [5.41, 5.74) is 3.38. The third-order valence-electron chi connectivity index (χ3n) is 3.54. The van der Waals surface area contributed by atoms with E-state index in [2.05, 4.69) is 36.2 Å². The minimum Gasteiger partial charge on any atom is -0.486 e. The third-order valence-corrected chi connectivity index (χ3v) is 4.55. The predicted molar refractivity (Wildman–Crippen MR) is 90.7 cm³/mol. The maximum Gasteiger partial charge on any atom is 0.161 e. The second-order valence-electron chi connectivity index (χ2n) is 5.26. The van der Waals surface area contributed by atoms with Gasteiger partial charge in [-0.1, -0.05) is 18.2 Å². The number of aromatic nitrogens is 1. The summed E-state index contributed by atoms with van der Waals surface area (Å²) >= 11 is 1.70. The molecule has 0 fully saturated rings. The van der Waals surface area contributed by atoms with Crippen LogP contribution >= 0.6 is 11.3 Å². The van der Waals surface area contributed by atoms with Gasteiger partial charge in [0.05, 0.1) is 10.2 Å². The lowest BCUT2D eigenvalue weighted by atomic mass is 10.2. The smallest absolute Gasteiger partial charge is 0.161 e. The van der Waals surface area contributed by atoms with Gasteiger partial charge in [0.2, 0.25) is 0 Å². The fourth-order valence-corrected chi connectivity index (χ4v) is 3.31. The SMILES string of the molecule is Cc1ccc2sc(/C=C/c3ccc4c(c3)OCCO4)nc2c1. The number of thiazole rings is 1. The van der Waals surface area contributed by atoms with Gasteiger partial charge in [-0.15, -0.1) is 11.3 Å². The van der Waals surface area contributed by atoms with E-state index in [1.807, 2.05) is 24.3 Å². The monoisotopic (exact) mass is 309 g/mol. The molecule has 0 saturated carbocycles. The average molecular weight is 309 g/mol. The van der Waals surface area contributed by atoms with Gasteiger partial charge in [0.25, 0.3) is 0 Å². The topological polar surface area (TPSA) is 31.4 Å². The molecule has 0 N–H and O–H groups in total. The van der Waals surface area contributed by atoms with Crippen molar-refractivity contribution in [2.75, 3.05) is 13.2 Å². The summed E-state index contributed by atoms with van der Waals surface area (Å²) in [5, 5.41) is 1.01. The molecule has 0 amide bonds. The summed E-state index contributed by atoms with van der Waals surface area (Å²) in [4.78, 5) is 4.65. The number of rotatable bonds is 2. The average Bonchev–Trinajstić information content (AvgIpc) is 2.94. The van der Waals surface area contributed by atoms with Crippen LogP contribution in [0.1, 0.15) is 16.1 Å². The number of hydrogen-bond acceptors (Lipinski definition) is 4. The first-order chi connectivity index (χ1) is 10.8. The number of nitrogens with zero attached hydrogens (tertiary/aromatic N) is 1. The van der Waals surface area contributed by atoms with Crippen LogP contribution in [0.4, 0.5) is 0 Å². The van der Waals surface area contributed by atoms with Crippen LogP contribution in [-0.4, -0.2) is 18.2 Å². The third kappa shape index (κ3) is 2.57. The highest BCUT2D eigenvalue weighted by molar-refractivity contribution is 7.19. The molecule has 2 aromatic carbocycles. The summed E-state index contributed by atoms with van der Waals surface area (Å²) in [5.74, 6) is 1.63. The van der Waals surface area contributed by atoms with E-state index in [0.29, 0.717) is 13.2 Å². The van der Waals surface area contributed by atoms with Crippen molar-refractivity contribution in [1.82, 2.24) is 4.98 Å². The first kappa shape index (κ1) is 13.3. The highest BCUT2D eigenvalue weighted by Crippen LogP contribution is 2.31. The minimum absolute atomic E-state index is 0.609. The predicted octanol–water partition coefficient (Wildman–Crippen LogP) is 4.55. The van der Waals surface area contributed by atoms with Crippen LogP contribution in [0.25, 0.3) is 22.4 Å². The van der Waals surface area contributed by atoms with E-state index in [0.717, 1.165) is 27.6 Å². The van der Waals surface area contributed by atoms with Crippen molar-refractivity contribution in [2.45, 2.75) is 6.92 Å². The van der Waals surface area contributed by atoms with Crippen molar-refractivity contribution >= 4 is 33.7 Å². The quantitative estimate of drug-likeness (QED) is 0.696. The zero-order valence-electron chi connectivity index (χ0n) is 12.2. The van der Waals surface area contributed by atoms with E-state index in [-0.39, 0.29) is 0 Å². The van der Waals surface area contributed by atoms with Crippen LogP contribution in [0.3, 0.4) is 0 Å². The molecule has 2 heterocycles. The van der Waals surface area contributed by atoms with E-state index < -0.39 is 0 Å². The molecule has 1 aliphatic heterocycles. The molecule has 0 unspecified atom stereocenters. The number of ether oxygens (including phenoxy) is 2. The van der Waals surface area contributed by atoms with Gasteiger partial charge in [-0.3, -0.25) is 0 Å². The maximum atomic E-state index is 5.61. The van der Waals surface area contributed by atoms with E-state index >= 15 is 0 Å². The molecule has 0 radical (unpaired) electrons. The first-order valence-corrected chi connectivity index (χ1v) is 8.04. The second kappa shape index (κ2) is 5.46. The van der Waals surface area contributed by atoms with Crippen molar-refractivity contribution in [3.63, 3.8) is 0 Å².